The van der Waals surface area contributed by atoms with Gasteiger partial charge >= 0.3 is 0 Å². The standard InChI is InChI=1S/C25H22F5N3/c1-13-25-16(9-10-31-13)17-11-15(32-14-5-3-2-4-6-14)7-8-19(17)33(25)12-18-20(26)22(28)24(30)23(29)21(18)27/h7-11,14,32H,2-6,12H2,1H3. The highest BCUT2D eigenvalue weighted by Gasteiger charge is 2.27. The quantitative estimate of drug-likeness (QED) is 0.203. The van der Waals surface area contributed by atoms with Crippen LogP contribution in [0.25, 0.3) is 21.8 Å². The van der Waals surface area contributed by atoms with E-state index in [1.54, 1.807) is 23.8 Å². The van der Waals surface area contributed by atoms with Crippen LogP contribution in [0.3, 0.4) is 0 Å². The van der Waals surface area contributed by atoms with Crippen LogP contribution >= 0.6 is 0 Å². The number of fused-ring (bicyclic) bond motifs is 3. The summed E-state index contributed by atoms with van der Waals surface area (Å²) >= 11 is 0. The van der Waals surface area contributed by atoms with Gasteiger partial charge in [0.2, 0.25) is 5.82 Å². The van der Waals surface area contributed by atoms with Crippen molar-refractivity contribution in [3.05, 3.63) is 70.8 Å². The first-order valence-corrected chi connectivity index (χ1v) is 11.0. The normalized spacial score (nSPS) is 15.0. The van der Waals surface area contributed by atoms with Crippen molar-refractivity contribution in [2.75, 3.05) is 5.32 Å². The van der Waals surface area contributed by atoms with Gasteiger partial charge in [-0.05, 0) is 44.0 Å². The highest BCUT2D eigenvalue weighted by atomic mass is 19.2. The third-order valence-electron chi connectivity index (χ3n) is 6.55. The molecule has 0 unspecified atom stereocenters. The van der Waals surface area contributed by atoms with Gasteiger partial charge in [-0.1, -0.05) is 19.3 Å². The number of aromatic nitrogens is 2. The topological polar surface area (TPSA) is 29.9 Å². The Balaban J connectivity index is 1.66. The van der Waals surface area contributed by atoms with Crippen molar-refractivity contribution < 1.29 is 22.0 Å². The summed E-state index contributed by atoms with van der Waals surface area (Å²) in [4.78, 5) is 4.28. The molecule has 2 heterocycles. The second-order valence-electron chi connectivity index (χ2n) is 8.64. The maximum Gasteiger partial charge on any atom is 0.200 e. The fraction of sp³-hybridized carbons (Fsp3) is 0.320. The second-order valence-corrected chi connectivity index (χ2v) is 8.64. The molecule has 1 aliphatic carbocycles. The summed E-state index contributed by atoms with van der Waals surface area (Å²) in [7, 11) is 0. The minimum absolute atomic E-state index is 0.390. The molecule has 4 aromatic rings. The molecule has 0 aliphatic heterocycles. The monoisotopic (exact) mass is 459 g/mol. The number of nitrogens with one attached hydrogen (secondary N) is 1. The highest BCUT2D eigenvalue weighted by Crippen LogP contribution is 2.35. The summed E-state index contributed by atoms with van der Waals surface area (Å²) in [6.45, 7) is 1.23. The van der Waals surface area contributed by atoms with Gasteiger partial charge in [0.05, 0.1) is 17.8 Å². The Morgan fingerprint density at radius 2 is 1.55 bits per heavy atom. The van der Waals surface area contributed by atoms with E-state index in [-0.39, 0.29) is 0 Å². The maximum atomic E-state index is 14.5. The predicted octanol–water partition coefficient (Wildman–Crippen LogP) is 6.99. The summed E-state index contributed by atoms with van der Waals surface area (Å²) in [5.41, 5.74) is 1.86. The fourth-order valence-electron chi connectivity index (χ4n) is 4.91. The molecule has 0 amide bonds. The Morgan fingerprint density at radius 1 is 0.879 bits per heavy atom. The van der Waals surface area contributed by atoms with Crippen LogP contribution in [0.4, 0.5) is 27.6 Å². The van der Waals surface area contributed by atoms with Crippen LogP contribution in [0, 0.1) is 36.0 Å². The van der Waals surface area contributed by atoms with Gasteiger partial charge in [-0.25, -0.2) is 22.0 Å². The molecule has 3 nitrogen and oxygen atoms in total. The molecule has 1 aliphatic rings. The van der Waals surface area contributed by atoms with Gasteiger partial charge in [0, 0.05) is 39.8 Å². The average molecular weight is 459 g/mol. The summed E-state index contributed by atoms with van der Waals surface area (Å²) in [6, 6.07) is 7.85. The Bertz CT molecular complexity index is 1340. The van der Waals surface area contributed by atoms with Gasteiger partial charge < -0.3 is 9.88 Å². The largest absolute Gasteiger partial charge is 0.382 e. The lowest BCUT2D eigenvalue weighted by atomic mass is 9.95. The molecule has 172 valence electrons. The zero-order valence-electron chi connectivity index (χ0n) is 18.0. The zero-order valence-corrected chi connectivity index (χ0v) is 18.0. The first-order chi connectivity index (χ1) is 15.9. The molecule has 0 spiro atoms. The van der Waals surface area contributed by atoms with Crippen LogP contribution < -0.4 is 5.32 Å². The van der Waals surface area contributed by atoms with E-state index in [1.165, 1.54) is 19.3 Å². The number of halogens is 5. The van der Waals surface area contributed by atoms with Gasteiger partial charge in [-0.2, -0.15) is 0 Å². The predicted molar refractivity (Wildman–Crippen MR) is 118 cm³/mol. The number of rotatable bonds is 4. The van der Waals surface area contributed by atoms with E-state index in [9.17, 15) is 22.0 Å². The van der Waals surface area contributed by atoms with Gasteiger partial charge in [-0.3, -0.25) is 4.98 Å². The SMILES string of the molecule is Cc1nccc2c3cc(NC4CCCCC4)ccc3n(Cc3c(F)c(F)c(F)c(F)c3F)c12. The molecule has 0 saturated heterocycles. The molecular formula is C25H22F5N3. The van der Waals surface area contributed by atoms with Crippen molar-refractivity contribution in [2.24, 2.45) is 0 Å². The van der Waals surface area contributed by atoms with Crippen LogP contribution in [-0.4, -0.2) is 15.6 Å². The smallest absolute Gasteiger partial charge is 0.200 e. The molecule has 0 bridgehead atoms. The van der Waals surface area contributed by atoms with Crippen LogP contribution in [0.15, 0.2) is 30.5 Å². The number of pyridine rings is 1. The first-order valence-electron chi connectivity index (χ1n) is 11.0. The number of aryl methyl sites for hydroxylation is 1. The lowest BCUT2D eigenvalue weighted by Gasteiger charge is -2.24. The minimum Gasteiger partial charge on any atom is -0.382 e. The molecule has 1 N–H and O–H groups in total. The lowest BCUT2D eigenvalue weighted by molar-refractivity contribution is 0.368. The number of benzene rings is 2. The highest BCUT2D eigenvalue weighted by molar-refractivity contribution is 6.09. The number of anilines is 1. The Hall–Kier alpha value is -3.16. The minimum atomic E-state index is -2.16. The summed E-state index contributed by atoms with van der Waals surface area (Å²) in [5, 5.41) is 5.18. The first kappa shape index (κ1) is 21.7. The van der Waals surface area contributed by atoms with E-state index in [0.29, 0.717) is 22.8 Å². The van der Waals surface area contributed by atoms with Gasteiger partial charge in [0.1, 0.15) is 0 Å². The van der Waals surface area contributed by atoms with Crippen molar-refractivity contribution in [1.29, 1.82) is 0 Å². The van der Waals surface area contributed by atoms with Crippen molar-refractivity contribution in [3.63, 3.8) is 0 Å². The lowest BCUT2D eigenvalue weighted by Crippen LogP contribution is -2.22. The fourth-order valence-corrected chi connectivity index (χ4v) is 4.91. The maximum absolute atomic E-state index is 14.5. The van der Waals surface area contributed by atoms with E-state index >= 15 is 0 Å². The van der Waals surface area contributed by atoms with Crippen molar-refractivity contribution >= 4 is 27.5 Å². The second kappa shape index (κ2) is 8.32. The molecule has 8 heteroatoms. The van der Waals surface area contributed by atoms with Crippen LogP contribution in [0.1, 0.15) is 43.4 Å². The van der Waals surface area contributed by atoms with Crippen molar-refractivity contribution in [3.8, 4) is 0 Å². The molecule has 33 heavy (non-hydrogen) atoms. The van der Waals surface area contributed by atoms with Gasteiger partial charge in [-0.15, -0.1) is 0 Å². The number of hydrogen-bond donors (Lipinski definition) is 1. The molecule has 1 saturated carbocycles. The summed E-state index contributed by atoms with van der Waals surface area (Å²) in [6.07, 6.45) is 7.46. The van der Waals surface area contributed by atoms with Gasteiger partial charge in [0.15, 0.2) is 23.3 Å². The Kier molecular flexibility index (Phi) is 5.46. The van der Waals surface area contributed by atoms with E-state index < -0.39 is 41.2 Å². The molecule has 0 atom stereocenters. The number of nitrogens with zero attached hydrogens (tertiary/aromatic N) is 2. The van der Waals surface area contributed by atoms with E-state index in [4.69, 9.17) is 0 Å². The third kappa shape index (κ3) is 3.61. The Morgan fingerprint density at radius 3 is 2.24 bits per heavy atom. The Labute approximate surface area is 187 Å². The molecule has 2 aromatic carbocycles. The molecule has 1 fully saturated rings. The van der Waals surface area contributed by atoms with E-state index in [0.717, 1.165) is 29.3 Å². The van der Waals surface area contributed by atoms with Crippen LogP contribution in [0.2, 0.25) is 0 Å². The van der Waals surface area contributed by atoms with Crippen LogP contribution in [-0.2, 0) is 6.54 Å². The molecule has 5 rings (SSSR count). The molecule has 2 aromatic heterocycles. The number of hydrogen-bond acceptors (Lipinski definition) is 2. The van der Waals surface area contributed by atoms with Crippen molar-refractivity contribution in [1.82, 2.24) is 9.55 Å². The van der Waals surface area contributed by atoms with Gasteiger partial charge in [0.25, 0.3) is 0 Å². The van der Waals surface area contributed by atoms with Crippen molar-refractivity contribution in [2.45, 2.75) is 51.6 Å². The van der Waals surface area contributed by atoms with E-state index in [2.05, 4.69) is 10.3 Å². The van der Waals surface area contributed by atoms with Crippen LogP contribution in [0.5, 0.6) is 0 Å². The molecular weight excluding hydrogens is 437 g/mol. The third-order valence-corrected chi connectivity index (χ3v) is 6.55. The zero-order chi connectivity index (χ0) is 23.3. The average Bonchev–Trinajstić information content (AvgIpc) is 3.14. The molecule has 0 radical (unpaired) electrons. The summed E-state index contributed by atoms with van der Waals surface area (Å²) in [5.74, 6) is -9.69. The van der Waals surface area contributed by atoms with E-state index in [1.807, 2.05) is 18.2 Å². The summed E-state index contributed by atoms with van der Waals surface area (Å²) < 4.78 is 71.7.